The molecule has 0 saturated heterocycles. The summed E-state index contributed by atoms with van der Waals surface area (Å²) in [6, 6.07) is 9.85. The number of nitrogens with one attached hydrogen (secondary N) is 2. The highest BCUT2D eigenvalue weighted by atomic mass is 32.2. The number of nitrogens with zero attached hydrogens (tertiary/aromatic N) is 3. The molecule has 0 aliphatic rings. The van der Waals surface area contributed by atoms with E-state index in [4.69, 9.17) is 0 Å². The molecule has 2 N–H and O–H groups in total. The SMILES string of the molecule is CC(=O)Nc1ccc(SCC(=O)Nc2cc(C(F)(F)F)ccc2-n2cncn2)cc1. The maximum atomic E-state index is 13.1. The average molecular weight is 435 g/mol. The Morgan fingerprint density at radius 2 is 1.83 bits per heavy atom. The zero-order chi connectivity index (χ0) is 21.7. The van der Waals surface area contributed by atoms with Crippen LogP contribution in [0.1, 0.15) is 12.5 Å². The first-order valence-corrected chi connectivity index (χ1v) is 9.57. The van der Waals surface area contributed by atoms with Crippen molar-refractivity contribution in [2.75, 3.05) is 16.4 Å². The number of benzene rings is 2. The number of hydrogen-bond acceptors (Lipinski definition) is 5. The van der Waals surface area contributed by atoms with E-state index in [1.165, 1.54) is 42.1 Å². The largest absolute Gasteiger partial charge is 0.416 e. The van der Waals surface area contributed by atoms with Crippen molar-refractivity contribution in [1.82, 2.24) is 14.8 Å². The molecular weight excluding hydrogens is 419 g/mol. The molecular formula is C19H16F3N5O2S. The number of rotatable bonds is 6. The van der Waals surface area contributed by atoms with E-state index in [1.807, 2.05) is 0 Å². The van der Waals surface area contributed by atoms with Gasteiger partial charge in [0.1, 0.15) is 12.7 Å². The minimum absolute atomic E-state index is 0.0213. The molecule has 11 heteroatoms. The normalized spacial score (nSPS) is 11.2. The van der Waals surface area contributed by atoms with Crippen LogP contribution in [0.3, 0.4) is 0 Å². The zero-order valence-electron chi connectivity index (χ0n) is 15.6. The zero-order valence-corrected chi connectivity index (χ0v) is 16.4. The van der Waals surface area contributed by atoms with Crippen LogP contribution in [0.15, 0.2) is 60.0 Å². The third-order valence-electron chi connectivity index (χ3n) is 3.81. The van der Waals surface area contributed by atoms with Gasteiger partial charge in [0.05, 0.1) is 22.7 Å². The van der Waals surface area contributed by atoms with Crippen molar-refractivity contribution < 1.29 is 22.8 Å². The molecule has 1 aromatic heterocycles. The van der Waals surface area contributed by atoms with Gasteiger partial charge in [-0.1, -0.05) is 0 Å². The lowest BCUT2D eigenvalue weighted by atomic mass is 10.1. The molecule has 0 aliphatic heterocycles. The van der Waals surface area contributed by atoms with Crippen LogP contribution in [0.5, 0.6) is 0 Å². The summed E-state index contributed by atoms with van der Waals surface area (Å²) in [6.07, 6.45) is -1.99. The smallest absolute Gasteiger partial charge is 0.326 e. The molecule has 0 bridgehead atoms. The van der Waals surface area contributed by atoms with E-state index in [-0.39, 0.29) is 23.0 Å². The van der Waals surface area contributed by atoms with E-state index in [1.54, 1.807) is 24.3 Å². The summed E-state index contributed by atoms with van der Waals surface area (Å²) in [5.41, 5.74) is -0.0268. The van der Waals surface area contributed by atoms with Gasteiger partial charge in [-0.15, -0.1) is 11.8 Å². The van der Waals surface area contributed by atoms with E-state index in [2.05, 4.69) is 20.7 Å². The summed E-state index contributed by atoms with van der Waals surface area (Å²) in [5.74, 6) is -0.697. The first-order chi connectivity index (χ1) is 14.2. The van der Waals surface area contributed by atoms with Crippen LogP contribution in [0.25, 0.3) is 5.69 Å². The van der Waals surface area contributed by atoms with Crippen molar-refractivity contribution in [1.29, 1.82) is 0 Å². The molecule has 2 amide bonds. The molecule has 1 heterocycles. The summed E-state index contributed by atoms with van der Waals surface area (Å²) in [5, 5.41) is 9.05. The van der Waals surface area contributed by atoms with Gasteiger partial charge >= 0.3 is 6.18 Å². The van der Waals surface area contributed by atoms with E-state index < -0.39 is 17.6 Å². The van der Waals surface area contributed by atoms with Crippen molar-refractivity contribution in [3.8, 4) is 5.69 Å². The topological polar surface area (TPSA) is 88.9 Å². The average Bonchev–Trinajstić information content (AvgIpc) is 3.21. The van der Waals surface area contributed by atoms with Crippen LogP contribution < -0.4 is 10.6 Å². The lowest BCUT2D eigenvalue weighted by Gasteiger charge is -2.14. The van der Waals surface area contributed by atoms with Crippen LogP contribution in [-0.4, -0.2) is 32.3 Å². The number of hydrogen-bond donors (Lipinski definition) is 2. The fourth-order valence-corrected chi connectivity index (χ4v) is 3.22. The van der Waals surface area contributed by atoms with Crippen molar-refractivity contribution in [2.24, 2.45) is 0 Å². The summed E-state index contributed by atoms with van der Waals surface area (Å²) in [4.78, 5) is 27.9. The molecule has 2 aromatic carbocycles. The minimum atomic E-state index is -4.55. The molecule has 0 fully saturated rings. The van der Waals surface area contributed by atoms with Crippen LogP contribution in [0.2, 0.25) is 0 Å². The molecule has 30 heavy (non-hydrogen) atoms. The molecule has 0 saturated carbocycles. The number of alkyl halides is 3. The van der Waals surface area contributed by atoms with Crippen molar-refractivity contribution >= 4 is 35.0 Å². The molecule has 7 nitrogen and oxygen atoms in total. The Labute approximate surface area is 173 Å². The van der Waals surface area contributed by atoms with Gasteiger partial charge in [-0.05, 0) is 42.5 Å². The number of halogens is 3. The molecule has 0 atom stereocenters. The molecule has 156 valence electrons. The highest BCUT2D eigenvalue weighted by Gasteiger charge is 2.31. The Morgan fingerprint density at radius 1 is 1.10 bits per heavy atom. The second-order valence-corrected chi connectivity index (χ2v) is 7.16. The molecule has 0 aliphatic carbocycles. The lowest BCUT2D eigenvalue weighted by molar-refractivity contribution is -0.137. The number of amides is 2. The third-order valence-corrected chi connectivity index (χ3v) is 4.82. The summed E-state index contributed by atoms with van der Waals surface area (Å²) >= 11 is 1.21. The Morgan fingerprint density at radius 3 is 2.43 bits per heavy atom. The summed E-state index contributed by atoms with van der Waals surface area (Å²) in [6.45, 7) is 1.40. The van der Waals surface area contributed by atoms with E-state index >= 15 is 0 Å². The van der Waals surface area contributed by atoms with E-state index in [0.29, 0.717) is 5.69 Å². The fourth-order valence-electron chi connectivity index (χ4n) is 2.52. The second kappa shape index (κ2) is 8.99. The predicted octanol–water partition coefficient (Wildman–Crippen LogP) is 3.98. The van der Waals surface area contributed by atoms with Crippen LogP contribution >= 0.6 is 11.8 Å². The molecule has 3 aromatic rings. The highest BCUT2D eigenvalue weighted by molar-refractivity contribution is 8.00. The lowest BCUT2D eigenvalue weighted by Crippen LogP contribution is -2.17. The van der Waals surface area contributed by atoms with Gasteiger partial charge in [0.25, 0.3) is 0 Å². The van der Waals surface area contributed by atoms with Crippen molar-refractivity contribution in [3.05, 3.63) is 60.7 Å². The monoisotopic (exact) mass is 435 g/mol. The van der Waals surface area contributed by atoms with Gasteiger partial charge in [0, 0.05) is 17.5 Å². The fraction of sp³-hybridized carbons (Fsp3) is 0.158. The Bertz CT molecular complexity index is 1040. The number of aromatic nitrogens is 3. The van der Waals surface area contributed by atoms with Crippen LogP contribution in [-0.2, 0) is 15.8 Å². The Balaban J connectivity index is 1.71. The second-order valence-electron chi connectivity index (χ2n) is 6.11. The maximum Gasteiger partial charge on any atom is 0.416 e. The van der Waals surface area contributed by atoms with Crippen molar-refractivity contribution in [3.63, 3.8) is 0 Å². The first kappa shape index (κ1) is 21.4. The third kappa shape index (κ3) is 5.60. The molecule has 0 radical (unpaired) electrons. The van der Waals surface area contributed by atoms with E-state index in [9.17, 15) is 22.8 Å². The highest BCUT2D eigenvalue weighted by Crippen LogP contribution is 2.33. The van der Waals surface area contributed by atoms with E-state index in [0.717, 1.165) is 17.0 Å². The number of thioether (sulfide) groups is 1. The van der Waals surface area contributed by atoms with Crippen molar-refractivity contribution in [2.45, 2.75) is 18.0 Å². The molecule has 3 rings (SSSR count). The van der Waals surface area contributed by atoms with Gasteiger partial charge in [0.15, 0.2) is 0 Å². The van der Waals surface area contributed by atoms with Crippen LogP contribution in [0, 0.1) is 0 Å². The number of carbonyl (C=O) groups is 2. The van der Waals surface area contributed by atoms with Gasteiger partial charge < -0.3 is 10.6 Å². The van der Waals surface area contributed by atoms with Gasteiger partial charge in [-0.2, -0.15) is 18.3 Å². The molecule has 0 spiro atoms. The van der Waals surface area contributed by atoms with Gasteiger partial charge in [-0.3, -0.25) is 9.59 Å². The number of anilines is 2. The van der Waals surface area contributed by atoms with Crippen LogP contribution in [0.4, 0.5) is 24.5 Å². The Hall–Kier alpha value is -3.34. The van der Waals surface area contributed by atoms with Gasteiger partial charge in [0.2, 0.25) is 11.8 Å². The quantitative estimate of drug-likeness (QED) is 0.572. The predicted molar refractivity (Wildman–Crippen MR) is 106 cm³/mol. The molecule has 0 unspecified atom stereocenters. The Kier molecular flexibility index (Phi) is 6.40. The minimum Gasteiger partial charge on any atom is -0.326 e. The maximum absolute atomic E-state index is 13.1. The summed E-state index contributed by atoms with van der Waals surface area (Å²) < 4.78 is 40.5. The first-order valence-electron chi connectivity index (χ1n) is 8.59. The number of carbonyl (C=O) groups excluding carboxylic acids is 2. The van der Waals surface area contributed by atoms with Gasteiger partial charge in [-0.25, -0.2) is 9.67 Å². The summed E-state index contributed by atoms with van der Waals surface area (Å²) in [7, 11) is 0. The standard InChI is InChI=1S/C19H16F3N5O2S/c1-12(28)25-14-3-5-15(6-4-14)30-9-18(29)26-16-8-13(19(20,21)22)2-7-17(16)27-11-23-10-24-27/h2-8,10-11H,9H2,1H3,(H,25,28)(H,26,29).